The summed E-state index contributed by atoms with van der Waals surface area (Å²) >= 11 is 0. The van der Waals surface area contributed by atoms with E-state index in [0.717, 1.165) is 34.8 Å². The summed E-state index contributed by atoms with van der Waals surface area (Å²) in [6, 6.07) is 5.89. The van der Waals surface area contributed by atoms with Gasteiger partial charge in [0.05, 0.1) is 35.2 Å². The number of pyridine rings is 1. The third kappa shape index (κ3) is 5.46. The molecule has 0 bridgehead atoms. The van der Waals surface area contributed by atoms with E-state index in [9.17, 15) is 30.8 Å². The van der Waals surface area contributed by atoms with Crippen molar-refractivity contribution in [1.82, 2.24) is 24.6 Å². The molecule has 0 spiro atoms. The van der Waals surface area contributed by atoms with Gasteiger partial charge in [-0.05, 0) is 36.4 Å². The van der Waals surface area contributed by atoms with Crippen LogP contribution in [0.15, 0.2) is 59.9 Å². The zero-order valence-corrected chi connectivity index (χ0v) is 18.8. The van der Waals surface area contributed by atoms with Crippen molar-refractivity contribution >= 4 is 15.9 Å². The molecule has 13 heteroatoms. The average molecular weight is 509 g/mol. The Bertz CT molecular complexity index is 1310. The van der Waals surface area contributed by atoms with Gasteiger partial charge in [-0.1, -0.05) is 0 Å². The topological polar surface area (TPSA) is 105 Å². The summed E-state index contributed by atoms with van der Waals surface area (Å²) in [5, 5.41) is 2.56. The minimum atomic E-state index is -4.24. The SMILES string of the molecule is O=C(NCc1cc(-c2cnc(C(F)F)cn2)ccn1)C1CC(F)CN1S(=O)(=O)c1ccc(F)cc1. The average Bonchev–Trinajstić information content (AvgIpc) is 3.26. The Balaban J connectivity index is 1.46. The van der Waals surface area contributed by atoms with E-state index >= 15 is 0 Å². The molecule has 4 rings (SSSR count). The number of amides is 1. The van der Waals surface area contributed by atoms with Crippen molar-refractivity contribution in [3.05, 3.63) is 72.2 Å². The fourth-order valence-electron chi connectivity index (χ4n) is 3.63. The molecule has 0 radical (unpaired) electrons. The summed E-state index contributed by atoms with van der Waals surface area (Å²) in [5.74, 6) is -1.35. The predicted molar refractivity (Wildman–Crippen MR) is 116 cm³/mol. The highest BCUT2D eigenvalue weighted by molar-refractivity contribution is 7.89. The molecule has 35 heavy (non-hydrogen) atoms. The van der Waals surface area contributed by atoms with Crippen molar-refractivity contribution in [3.63, 3.8) is 0 Å². The Morgan fingerprint density at radius 2 is 1.86 bits per heavy atom. The number of alkyl halides is 3. The fourth-order valence-corrected chi connectivity index (χ4v) is 5.26. The van der Waals surface area contributed by atoms with Crippen molar-refractivity contribution in [2.45, 2.75) is 36.5 Å². The van der Waals surface area contributed by atoms with E-state index in [1.165, 1.54) is 12.4 Å². The van der Waals surface area contributed by atoms with Gasteiger partial charge in [-0.2, -0.15) is 4.31 Å². The van der Waals surface area contributed by atoms with E-state index in [0.29, 0.717) is 17.0 Å². The summed E-state index contributed by atoms with van der Waals surface area (Å²) in [6.07, 6.45) is -1.03. The lowest BCUT2D eigenvalue weighted by Gasteiger charge is -2.23. The number of aromatic nitrogens is 3. The Morgan fingerprint density at radius 1 is 1.11 bits per heavy atom. The summed E-state index contributed by atoms with van der Waals surface area (Å²) < 4.78 is 79.3. The van der Waals surface area contributed by atoms with E-state index < -0.39 is 52.6 Å². The number of benzene rings is 1. The molecule has 0 aliphatic carbocycles. The maximum atomic E-state index is 14.2. The molecular weight excluding hydrogens is 490 g/mol. The number of carbonyl (C=O) groups is 1. The van der Waals surface area contributed by atoms with Crippen LogP contribution in [-0.4, -0.2) is 52.3 Å². The second-order valence-electron chi connectivity index (χ2n) is 7.76. The molecule has 1 amide bonds. The van der Waals surface area contributed by atoms with Crippen LogP contribution in [0.1, 0.15) is 24.2 Å². The van der Waals surface area contributed by atoms with Crippen LogP contribution in [0.25, 0.3) is 11.3 Å². The Kier molecular flexibility index (Phi) is 7.08. The summed E-state index contributed by atoms with van der Waals surface area (Å²) in [6.45, 7) is -0.605. The highest BCUT2D eigenvalue weighted by Crippen LogP contribution is 2.28. The van der Waals surface area contributed by atoms with E-state index in [4.69, 9.17) is 0 Å². The Hall–Kier alpha value is -3.45. The second-order valence-corrected chi connectivity index (χ2v) is 9.65. The first-order valence-corrected chi connectivity index (χ1v) is 11.8. The first kappa shape index (κ1) is 24.7. The molecule has 2 atom stereocenters. The molecule has 3 aromatic rings. The van der Waals surface area contributed by atoms with Crippen LogP contribution in [0, 0.1) is 5.82 Å². The first-order valence-electron chi connectivity index (χ1n) is 10.4. The zero-order valence-electron chi connectivity index (χ0n) is 18.0. The number of nitrogens with one attached hydrogen (secondary N) is 1. The number of hydrogen-bond donors (Lipinski definition) is 1. The molecule has 8 nitrogen and oxygen atoms in total. The number of carbonyl (C=O) groups excluding carboxylic acids is 1. The smallest absolute Gasteiger partial charge is 0.281 e. The van der Waals surface area contributed by atoms with Crippen LogP contribution in [0.2, 0.25) is 0 Å². The molecule has 1 fully saturated rings. The molecule has 1 N–H and O–H groups in total. The third-order valence-corrected chi connectivity index (χ3v) is 7.27. The molecular formula is C22H19F4N5O3S. The van der Waals surface area contributed by atoms with Gasteiger partial charge in [0.15, 0.2) is 0 Å². The molecule has 3 heterocycles. The van der Waals surface area contributed by atoms with Gasteiger partial charge in [-0.15, -0.1) is 0 Å². The number of sulfonamides is 1. The predicted octanol–water partition coefficient (Wildman–Crippen LogP) is 3.03. The van der Waals surface area contributed by atoms with Gasteiger partial charge >= 0.3 is 0 Å². The standard InChI is InChI=1S/C22H19F4N5O3S/c23-14-1-3-17(4-2-14)35(33,34)31-12-15(24)8-20(31)22(32)30-9-16-7-13(5-6-27-16)18-10-29-19(11-28-18)21(25)26/h1-7,10-11,15,20-21H,8-9,12H2,(H,30,32). The molecule has 1 saturated heterocycles. The van der Waals surface area contributed by atoms with Gasteiger partial charge in [0.2, 0.25) is 15.9 Å². The molecule has 1 aliphatic rings. The Morgan fingerprint density at radius 3 is 2.51 bits per heavy atom. The van der Waals surface area contributed by atoms with Crippen molar-refractivity contribution in [2.24, 2.45) is 0 Å². The Labute approximate surface area is 198 Å². The van der Waals surface area contributed by atoms with Crippen LogP contribution in [0.4, 0.5) is 17.6 Å². The summed E-state index contributed by atoms with van der Waals surface area (Å²) in [5.41, 5.74) is 0.747. The van der Waals surface area contributed by atoms with Gasteiger partial charge in [-0.25, -0.2) is 26.0 Å². The second kappa shape index (κ2) is 10.0. The molecule has 2 unspecified atom stereocenters. The highest BCUT2D eigenvalue weighted by Gasteiger charge is 2.44. The van der Waals surface area contributed by atoms with Crippen LogP contribution >= 0.6 is 0 Å². The lowest BCUT2D eigenvalue weighted by molar-refractivity contribution is -0.124. The number of rotatable bonds is 7. The quantitative estimate of drug-likeness (QED) is 0.491. The molecule has 1 aliphatic heterocycles. The van der Waals surface area contributed by atoms with Crippen molar-refractivity contribution in [2.75, 3.05) is 6.54 Å². The molecule has 0 saturated carbocycles. The maximum Gasteiger partial charge on any atom is 0.281 e. The maximum absolute atomic E-state index is 14.2. The fraction of sp³-hybridized carbons (Fsp3) is 0.273. The van der Waals surface area contributed by atoms with Crippen molar-refractivity contribution < 1.29 is 30.8 Å². The largest absolute Gasteiger partial charge is 0.349 e. The minimum Gasteiger partial charge on any atom is -0.349 e. The van der Waals surface area contributed by atoms with Crippen molar-refractivity contribution in [3.8, 4) is 11.3 Å². The number of hydrogen-bond acceptors (Lipinski definition) is 6. The number of nitrogens with zero attached hydrogens (tertiary/aromatic N) is 4. The zero-order chi connectivity index (χ0) is 25.2. The van der Waals surface area contributed by atoms with E-state index in [2.05, 4.69) is 20.3 Å². The first-order chi connectivity index (χ1) is 16.6. The summed E-state index contributed by atoms with van der Waals surface area (Å²) in [4.78, 5) is 24.3. The number of halogens is 4. The van der Waals surface area contributed by atoms with Gasteiger partial charge < -0.3 is 5.32 Å². The summed E-state index contributed by atoms with van der Waals surface area (Å²) in [7, 11) is -4.24. The van der Waals surface area contributed by atoms with Crippen LogP contribution in [0.3, 0.4) is 0 Å². The van der Waals surface area contributed by atoms with Gasteiger partial charge in [0.25, 0.3) is 6.43 Å². The minimum absolute atomic E-state index is 0.104. The molecule has 2 aromatic heterocycles. The molecule has 1 aromatic carbocycles. The van der Waals surface area contributed by atoms with Gasteiger partial charge in [0.1, 0.15) is 23.7 Å². The van der Waals surface area contributed by atoms with Crippen LogP contribution in [0.5, 0.6) is 0 Å². The lowest BCUT2D eigenvalue weighted by atomic mass is 10.1. The third-order valence-electron chi connectivity index (χ3n) is 5.38. The van der Waals surface area contributed by atoms with E-state index in [1.807, 2.05) is 0 Å². The van der Waals surface area contributed by atoms with Gasteiger partial charge in [-0.3, -0.25) is 19.7 Å². The normalized spacial score (nSPS) is 18.7. The van der Waals surface area contributed by atoms with Gasteiger partial charge in [0, 0.05) is 24.7 Å². The van der Waals surface area contributed by atoms with E-state index in [-0.39, 0.29) is 17.9 Å². The molecule has 184 valence electrons. The monoisotopic (exact) mass is 509 g/mol. The highest BCUT2D eigenvalue weighted by atomic mass is 32.2. The lowest BCUT2D eigenvalue weighted by Crippen LogP contribution is -2.45. The van der Waals surface area contributed by atoms with Crippen LogP contribution in [-0.2, 0) is 21.4 Å². The van der Waals surface area contributed by atoms with Crippen LogP contribution < -0.4 is 5.32 Å². The van der Waals surface area contributed by atoms with Crippen molar-refractivity contribution in [1.29, 1.82) is 0 Å². The van der Waals surface area contributed by atoms with E-state index in [1.54, 1.807) is 12.1 Å².